The van der Waals surface area contributed by atoms with Gasteiger partial charge in [-0.15, -0.1) is 9.94 Å². The van der Waals surface area contributed by atoms with E-state index in [1.165, 1.54) is 6.20 Å². The van der Waals surface area contributed by atoms with Gasteiger partial charge < -0.3 is 16.0 Å². The highest BCUT2D eigenvalue weighted by Crippen LogP contribution is 2.07. The van der Waals surface area contributed by atoms with Gasteiger partial charge in [0.05, 0.1) is 12.4 Å². The number of carbonyl (C=O) groups is 1. The summed E-state index contributed by atoms with van der Waals surface area (Å²) in [5, 5.41) is 20.4. The minimum Gasteiger partial charge on any atom is -0.480 e. The lowest BCUT2D eigenvalue weighted by Crippen LogP contribution is -2.19. The Kier molecular flexibility index (Phi) is 1.77. The van der Waals surface area contributed by atoms with Crippen molar-refractivity contribution in [2.75, 3.05) is 0 Å². The van der Waals surface area contributed by atoms with Crippen LogP contribution in [0.3, 0.4) is 0 Å². The summed E-state index contributed by atoms with van der Waals surface area (Å²) in [5.41, 5.74) is 5.45. The molecule has 1 aromatic heterocycles. The lowest BCUT2D eigenvalue weighted by Gasteiger charge is -1.99. The molecule has 0 aromatic carbocycles. The van der Waals surface area contributed by atoms with Crippen molar-refractivity contribution in [1.29, 1.82) is 0 Å². The van der Waals surface area contributed by atoms with E-state index in [-0.39, 0.29) is 5.56 Å². The summed E-state index contributed by atoms with van der Waals surface area (Å²) in [6, 6.07) is -1.13. The lowest BCUT2D eigenvalue weighted by molar-refractivity contribution is -0.138. The van der Waals surface area contributed by atoms with Crippen molar-refractivity contribution in [3.8, 4) is 0 Å². The van der Waals surface area contributed by atoms with Gasteiger partial charge in [0.2, 0.25) is 0 Å². The lowest BCUT2D eigenvalue weighted by atomic mass is 10.2. The molecule has 4 N–H and O–H groups in total. The molecule has 0 unspecified atom stereocenters. The fourth-order valence-corrected chi connectivity index (χ4v) is 0.629. The number of nitrogens with zero attached hydrogens (tertiary/aromatic N) is 2. The van der Waals surface area contributed by atoms with Crippen molar-refractivity contribution >= 4 is 5.97 Å². The van der Waals surface area contributed by atoms with E-state index in [0.717, 1.165) is 6.20 Å². The van der Waals surface area contributed by atoms with Gasteiger partial charge in [-0.2, -0.15) is 0 Å². The molecule has 1 heterocycles. The summed E-state index contributed by atoms with van der Waals surface area (Å²) in [6.07, 6.45) is 2.33. The molecule has 0 radical (unpaired) electrons. The molecule has 0 aliphatic rings. The van der Waals surface area contributed by atoms with Crippen LogP contribution in [-0.2, 0) is 4.79 Å². The molecule has 1 rings (SSSR count). The second-order valence-corrected chi connectivity index (χ2v) is 2.01. The number of carboxylic acids is 1. The van der Waals surface area contributed by atoms with Gasteiger partial charge in [0.25, 0.3) is 0 Å². The number of aromatic nitrogens is 2. The maximum atomic E-state index is 10.3. The maximum absolute atomic E-state index is 10.3. The first-order valence-corrected chi connectivity index (χ1v) is 2.83. The second-order valence-electron chi connectivity index (χ2n) is 2.01. The van der Waals surface area contributed by atoms with Crippen molar-refractivity contribution in [2.24, 2.45) is 5.73 Å². The Hall–Kier alpha value is -1.56. The summed E-state index contributed by atoms with van der Waals surface area (Å²) in [6.45, 7) is 0. The maximum Gasteiger partial charge on any atom is 0.325 e. The zero-order valence-electron chi connectivity index (χ0n) is 5.51. The normalized spacial score (nSPS) is 12.8. The highest BCUT2D eigenvalue weighted by molar-refractivity contribution is 5.74. The SMILES string of the molecule is N[C@@H](C(=O)O)c1cnn(O)c1. The highest BCUT2D eigenvalue weighted by atomic mass is 16.5. The fraction of sp³-hybridized carbons (Fsp3) is 0.200. The van der Waals surface area contributed by atoms with E-state index >= 15 is 0 Å². The summed E-state index contributed by atoms with van der Waals surface area (Å²) in [5.74, 6) is -1.15. The zero-order valence-corrected chi connectivity index (χ0v) is 5.51. The van der Waals surface area contributed by atoms with E-state index in [2.05, 4.69) is 5.10 Å². The number of rotatable bonds is 2. The van der Waals surface area contributed by atoms with Crippen LogP contribution < -0.4 is 5.73 Å². The van der Waals surface area contributed by atoms with E-state index in [1.807, 2.05) is 0 Å². The second kappa shape index (κ2) is 2.59. The number of hydrogen-bond donors (Lipinski definition) is 3. The quantitative estimate of drug-likeness (QED) is 0.488. The molecule has 0 saturated heterocycles. The number of nitrogens with two attached hydrogens (primary N) is 1. The Labute approximate surface area is 61.8 Å². The minimum absolute atomic E-state index is 0.264. The van der Waals surface area contributed by atoms with Crippen LogP contribution in [0.15, 0.2) is 12.4 Å². The van der Waals surface area contributed by atoms with Crippen LogP contribution in [0.1, 0.15) is 11.6 Å². The molecule has 0 saturated carbocycles. The van der Waals surface area contributed by atoms with Gasteiger partial charge in [-0.25, -0.2) is 0 Å². The van der Waals surface area contributed by atoms with E-state index in [1.54, 1.807) is 0 Å². The van der Waals surface area contributed by atoms with Gasteiger partial charge >= 0.3 is 5.97 Å². The zero-order chi connectivity index (χ0) is 8.43. The average Bonchev–Trinajstić information content (AvgIpc) is 2.34. The molecule has 6 heteroatoms. The first-order valence-electron chi connectivity index (χ1n) is 2.83. The molecule has 0 bridgehead atoms. The van der Waals surface area contributed by atoms with Crippen LogP contribution in [0.25, 0.3) is 0 Å². The van der Waals surface area contributed by atoms with Gasteiger partial charge in [-0.05, 0) is 0 Å². The van der Waals surface area contributed by atoms with Crippen molar-refractivity contribution in [1.82, 2.24) is 9.94 Å². The van der Waals surface area contributed by atoms with E-state index in [4.69, 9.17) is 16.0 Å². The molecular formula is C5H7N3O3. The van der Waals surface area contributed by atoms with Crippen LogP contribution in [0.4, 0.5) is 0 Å². The predicted molar refractivity (Wildman–Crippen MR) is 34.0 cm³/mol. The molecule has 1 aromatic rings. The summed E-state index contributed by atoms with van der Waals surface area (Å²) in [7, 11) is 0. The topological polar surface area (TPSA) is 101 Å². The van der Waals surface area contributed by atoms with E-state index in [9.17, 15) is 4.79 Å². The van der Waals surface area contributed by atoms with Crippen molar-refractivity contribution in [3.05, 3.63) is 18.0 Å². The number of hydrogen-bond acceptors (Lipinski definition) is 4. The minimum atomic E-state index is -1.15. The Balaban J connectivity index is 2.84. The van der Waals surface area contributed by atoms with Crippen LogP contribution in [0.2, 0.25) is 0 Å². The third-order valence-corrected chi connectivity index (χ3v) is 1.21. The summed E-state index contributed by atoms with van der Waals surface area (Å²) in [4.78, 5) is 10.8. The standard InChI is InChI=1S/C5H7N3O3/c6-4(5(9)10)3-1-7-8(11)2-3/h1-2,4,11H,6H2,(H,9,10)/t4-/m1/s1. The molecule has 1 atom stereocenters. The first kappa shape index (κ1) is 7.55. The molecule has 0 spiro atoms. The van der Waals surface area contributed by atoms with Crippen LogP contribution in [-0.4, -0.2) is 26.2 Å². The Morgan fingerprint density at radius 3 is 2.82 bits per heavy atom. The molecule has 0 amide bonds. The largest absolute Gasteiger partial charge is 0.480 e. The van der Waals surface area contributed by atoms with Gasteiger partial charge in [0.15, 0.2) is 0 Å². The molecule has 0 aliphatic carbocycles. The molecule has 0 fully saturated rings. The van der Waals surface area contributed by atoms with Crippen molar-refractivity contribution < 1.29 is 15.1 Å². The summed E-state index contributed by atoms with van der Waals surface area (Å²) >= 11 is 0. The smallest absolute Gasteiger partial charge is 0.325 e. The van der Waals surface area contributed by atoms with Gasteiger partial charge in [0.1, 0.15) is 6.04 Å². The van der Waals surface area contributed by atoms with Crippen LogP contribution in [0.5, 0.6) is 0 Å². The van der Waals surface area contributed by atoms with Crippen molar-refractivity contribution in [2.45, 2.75) is 6.04 Å². The molecule has 6 nitrogen and oxygen atoms in total. The van der Waals surface area contributed by atoms with Gasteiger partial charge in [-0.1, -0.05) is 0 Å². The molecule has 11 heavy (non-hydrogen) atoms. The monoisotopic (exact) mass is 157 g/mol. The Bertz CT molecular complexity index is 270. The highest BCUT2D eigenvalue weighted by Gasteiger charge is 2.15. The van der Waals surface area contributed by atoms with E-state index in [0.29, 0.717) is 4.85 Å². The summed E-state index contributed by atoms with van der Waals surface area (Å²) < 4.78 is 0. The average molecular weight is 157 g/mol. The molecule has 0 aliphatic heterocycles. The van der Waals surface area contributed by atoms with E-state index < -0.39 is 12.0 Å². The third-order valence-electron chi connectivity index (χ3n) is 1.21. The van der Waals surface area contributed by atoms with Gasteiger partial charge in [-0.3, -0.25) is 4.79 Å². The van der Waals surface area contributed by atoms with Gasteiger partial charge in [0, 0.05) is 5.56 Å². The first-order chi connectivity index (χ1) is 5.11. The Morgan fingerprint density at radius 2 is 2.45 bits per heavy atom. The third kappa shape index (κ3) is 1.47. The van der Waals surface area contributed by atoms with Crippen LogP contribution in [0, 0.1) is 0 Å². The number of carboxylic acid groups (broad SMARTS) is 1. The fourth-order valence-electron chi connectivity index (χ4n) is 0.629. The Morgan fingerprint density at radius 1 is 1.82 bits per heavy atom. The number of aliphatic carboxylic acids is 1. The van der Waals surface area contributed by atoms with Crippen LogP contribution >= 0.6 is 0 Å². The predicted octanol–water partition coefficient (Wildman–Crippen LogP) is -0.795. The molecular weight excluding hydrogens is 150 g/mol. The molecule has 60 valence electrons. The van der Waals surface area contributed by atoms with Crippen molar-refractivity contribution in [3.63, 3.8) is 0 Å².